The number of nitrogens with zero attached hydrogens (tertiary/aromatic N) is 4. The molecule has 0 saturated carbocycles. The van der Waals surface area contributed by atoms with Gasteiger partial charge in [0.1, 0.15) is 26.8 Å². The summed E-state index contributed by atoms with van der Waals surface area (Å²) in [6, 6.07) is 1.97. The lowest BCUT2D eigenvalue weighted by molar-refractivity contribution is -0.126. The fourth-order valence-electron chi connectivity index (χ4n) is 5.60. The molecule has 176 valence electrons. The molecule has 0 aliphatic carbocycles. The van der Waals surface area contributed by atoms with Crippen molar-refractivity contribution in [3.8, 4) is 0 Å². The molecule has 0 unspecified atom stereocenters. The van der Waals surface area contributed by atoms with Gasteiger partial charge in [-0.15, -0.1) is 11.3 Å². The molecule has 6 nitrogen and oxygen atoms in total. The molecular weight excluding hydrogens is 461 g/mol. The van der Waals surface area contributed by atoms with Gasteiger partial charge in [-0.3, -0.25) is 4.90 Å². The molecule has 32 heavy (non-hydrogen) atoms. The van der Waals surface area contributed by atoms with Gasteiger partial charge in [0.15, 0.2) is 0 Å². The van der Waals surface area contributed by atoms with E-state index in [-0.39, 0.29) is 10.3 Å². The van der Waals surface area contributed by atoms with E-state index in [2.05, 4.69) is 26.7 Å². The van der Waals surface area contributed by atoms with E-state index in [1.54, 1.807) is 6.07 Å². The smallest absolute Gasteiger partial charge is 0.355 e. The van der Waals surface area contributed by atoms with E-state index < -0.39 is 22.4 Å². The maximum Gasteiger partial charge on any atom is 0.393 e. The van der Waals surface area contributed by atoms with Crippen molar-refractivity contribution in [3.05, 3.63) is 17.3 Å². The Morgan fingerprint density at radius 2 is 1.94 bits per heavy atom. The molecule has 3 aliphatic heterocycles. The van der Waals surface area contributed by atoms with E-state index in [9.17, 15) is 21.6 Å². The molecule has 1 atom stereocenters. The molecule has 2 aromatic heterocycles. The van der Waals surface area contributed by atoms with Gasteiger partial charge < -0.3 is 4.90 Å². The highest BCUT2D eigenvalue weighted by Gasteiger charge is 2.50. The van der Waals surface area contributed by atoms with Crippen LogP contribution < -0.4 is 4.90 Å². The normalized spacial score (nSPS) is 24.8. The number of alkyl halides is 3. The Bertz CT molecular complexity index is 1100. The number of anilines is 1. The second kappa shape index (κ2) is 7.80. The van der Waals surface area contributed by atoms with Crippen LogP contribution >= 0.6 is 11.3 Å². The zero-order chi connectivity index (χ0) is 22.7. The number of sulfone groups is 1. The van der Waals surface area contributed by atoms with Crippen LogP contribution in [0.15, 0.2) is 12.4 Å². The summed E-state index contributed by atoms with van der Waals surface area (Å²) in [5, 5.41) is 0.710. The molecule has 3 saturated heterocycles. The van der Waals surface area contributed by atoms with Gasteiger partial charge in [-0.05, 0) is 38.2 Å². The molecule has 2 aromatic rings. The molecule has 0 amide bonds. The Hall–Kier alpha value is -1.46. The summed E-state index contributed by atoms with van der Waals surface area (Å²) in [5.74, 6) is 1.76. The van der Waals surface area contributed by atoms with E-state index in [1.807, 2.05) is 0 Å². The lowest BCUT2D eigenvalue weighted by atomic mass is 9.76. The zero-order valence-corrected chi connectivity index (χ0v) is 19.6. The summed E-state index contributed by atoms with van der Waals surface area (Å²) in [7, 11) is -2.85. The van der Waals surface area contributed by atoms with E-state index in [0.717, 1.165) is 62.6 Å². The topological polar surface area (TPSA) is 66.4 Å². The highest BCUT2D eigenvalue weighted by atomic mass is 32.2. The first kappa shape index (κ1) is 22.3. The van der Waals surface area contributed by atoms with Crippen LogP contribution in [0.5, 0.6) is 0 Å². The average molecular weight is 489 g/mol. The maximum absolute atomic E-state index is 12.8. The van der Waals surface area contributed by atoms with Crippen LogP contribution in [0.1, 0.15) is 31.1 Å². The van der Waals surface area contributed by atoms with E-state index >= 15 is 0 Å². The van der Waals surface area contributed by atoms with Crippen molar-refractivity contribution in [3.63, 3.8) is 0 Å². The first-order valence-electron chi connectivity index (χ1n) is 11.0. The summed E-state index contributed by atoms with van der Waals surface area (Å²) < 4.78 is 61.9. The summed E-state index contributed by atoms with van der Waals surface area (Å²) >= 11 is 1.09. The second-order valence-electron chi connectivity index (χ2n) is 9.73. The van der Waals surface area contributed by atoms with Crippen LogP contribution in [0, 0.1) is 11.3 Å². The first-order valence-corrected chi connectivity index (χ1v) is 13.7. The Morgan fingerprint density at radius 1 is 1.22 bits per heavy atom. The quantitative estimate of drug-likeness (QED) is 0.656. The van der Waals surface area contributed by atoms with Crippen molar-refractivity contribution >= 4 is 37.2 Å². The lowest BCUT2D eigenvalue weighted by Crippen LogP contribution is -2.62. The minimum Gasteiger partial charge on any atom is -0.355 e. The first-order chi connectivity index (χ1) is 15.0. The van der Waals surface area contributed by atoms with Crippen LogP contribution in [0.2, 0.25) is 0 Å². The van der Waals surface area contributed by atoms with Gasteiger partial charge in [0, 0.05) is 42.5 Å². The predicted molar refractivity (Wildman–Crippen MR) is 119 cm³/mol. The summed E-state index contributed by atoms with van der Waals surface area (Å²) in [6.07, 6.45) is -1.20. The third-order valence-corrected chi connectivity index (χ3v) is 10.2. The Labute approximate surface area is 189 Å². The summed E-state index contributed by atoms with van der Waals surface area (Å²) in [6.45, 7) is 5.84. The van der Waals surface area contributed by atoms with Crippen LogP contribution in [-0.4, -0.2) is 73.2 Å². The third kappa shape index (κ3) is 4.35. The van der Waals surface area contributed by atoms with Crippen LogP contribution in [-0.2, 0) is 16.3 Å². The summed E-state index contributed by atoms with van der Waals surface area (Å²) in [5.41, 5.74) is 0.178. The molecular formula is C21H27F3N4O2S2. The second-order valence-corrected chi connectivity index (χ2v) is 13.1. The number of hydrogen-bond donors (Lipinski definition) is 0. The van der Waals surface area contributed by atoms with Gasteiger partial charge in [0.2, 0.25) is 0 Å². The highest BCUT2D eigenvalue weighted by molar-refractivity contribution is 7.91. The van der Waals surface area contributed by atoms with Crippen molar-refractivity contribution < 1.29 is 21.6 Å². The Kier molecular flexibility index (Phi) is 5.45. The van der Waals surface area contributed by atoms with Gasteiger partial charge >= 0.3 is 6.18 Å². The Morgan fingerprint density at radius 3 is 2.62 bits per heavy atom. The molecule has 1 spiro atoms. The molecule has 3 fully saturated rings. The van der Waals surface area contributed by atoms with E-state index in [1.165, 1.54) is 6.33 Å². The van der Waals surface area contributed by atoms with Crippen molar-refractivity contribution in [2.45, 2.75) is 44.8 Å². The van der Waals surface area contributed by atoms with Crippen LogP contribution in [0.3, 0.4) is 0 Å². The maximum atomic E-state index is 12.8. The van der Waals surface area contributed by atoms with Gasteiger partial charge in [-0.25, -0.2) is 18.4 Å². The number of rotatable bonds is 4. The number of aromatic nitrogens is 2. The standard InChI is InChI=1S/C21H27F3N4O2S2/c1-14(15-2-6-32(29,30)7-3-15)28-11-20(12-28)4-5-27(10-20)18-17-8-16(9-21(22,23)24)31-19(17)26-13-25-18/h8,13-15H,2-7,9-12H2,1H3/t14-/m0/s1. The fraction of sp³-hybridized carbons (Fsp3) is 0.714. The van der Waals surface area contributed by atoms with Crippen LogP contribution in [0.4, 0.5) is 19.0 Å². The Balaban J connectivity index is 1.24. The molecule has 3 aliphatic rings. The van der Waals surface area contributed by atoms with E-state index in [0.29, 0.717) is 33.7 Å². The number of fused-ring (bicyclic) bond motifs is 1. The molecule has 0 bridgehead atoms. The van der Waals surface area contributed by atoms with Gasteiger partial charge in [0.25, 0.3) is 0 Å². The third-order valence-electron chi connectivity index (χ3n) is 7.41. The van der Waals surface area contributed by atoms with E-state index in [4.69, 9.17) is 0 Å². The molecule has 5 heterocycles. The van der Waals surface area contributed by atoms with Gasteiger partial charge in [-0.1, -0.05) is 0 Å². The largest absolute Gasteiger partial charge is 0.393 e. The number of hydrogen-bond acceptors (Lipinski definition) is 7. The van der Waals surface area contributed by atoms with Crippen molar-refractivity contribution in [2.75, 3.05) is 42.6 Å². The van der Waals surface area contributed by atoms with Crippen molar-refractivity contribution in [2.24, 2.45) is 11.3 Å². The molecule has 0 radical (unpaired) electrons. The van der Waals surface area contributed by atoms with Gasteiger partial charge in [0.05, 0.1) is 23.3 Å². The minimum absolute atomic E-state index is 0.178. The number of thiophene rings is 1. The molecule has 0 aromatic carbocycles. The molecule has 11 heteroatoms. The fourth-order valence-corrected chi connectivity index (χ4v) is 8.14. The molecule has 5 rings (SSSR count). The van der Waals surface area contributed by atoms with Gasteiger partial charge in [-0.2, -0.15) is 13.2 Å². The zero-order valence-electron chi connectivity index (χ0n) is 17.9. The average Bonchev–Trinajstić information content (AvgIpc) is 3.28. The van der Waals surface area contributed by atoms with Crippen LogP contribution in [0.25, 0.3) is 10.2 Å². The minimum atomic E-state index is -4.24. The van der Waals surface area contributed by atoms with Crippen molar-refractivity contribution in [1.29, 1.82) is 0 Å². The van der Waals surface area contributed by atoms with Crippen molar-refractivity contribution in [1.82, 2.24) is 14.9 Å². The molecule has 0 N–H and O–H groups in total. The highest BCUT2D eigenvalue weighted by Crippen LogP contribution is 2.44. The summed E-state index contributed by atoms with van der Waals surface area (Å²) in [4.78, 5) is 14.2. The monoisotopic (exact) mass is 488 g/mol. The number of likely N-dealkylation sites (tertiary alicyclic amines) is 1. The number of halogens is 3. The lowest BCUT2D eigenvalue weighted by Gasteiger charge is -2.53. The predicted octanol–water partition coefficient (Wildman–Crippen LogP) is 3.52. The SMILES string of the molecule is C[C@@H](C1CCS(=O)(=O)CC1)N1CC2(CCN(c3ncnc4sc(CC(F)(F)F)cc34)C2)C1.